The van der Waals surface area contributed by atoms with Gasteiger partial charge in [-0.1, -0.05) is 12.1 Å². The van der Waals surface area contributed by atoms with Crippen molar-refractivity contribution in [2.24, 2.45) is 0 Å². The second-order valence-electron chi connectivity index (χ2n) is 4.32. The Morgan fingerprint density at radius 3 is 2.47 bits per heavy atom. The number of nitrogens with one attached hydrogen (secondary N) is 1. The molecule has 0 aliphatic carbocycles. The predicted molar refractivity (Wildman–Crippen MR) is 68.0 cm³/mol. The van der Waals surface area contributed by atoms with E-state index in [0.717, 1.165) is 39.5 Å². The van der Waals surface area contributed by atoms with Crippen LogP contribution in [0.25, 0.3) is 22.4 Å². The van der Waals surface area contributed by atoms with E-state index in [-0.39, 0.29) is 0 Å². The molecule has 1 aromatic carbocycles. The Balaban J connectivity index is 2.27. The average molecular weight is 226 g/mol. The lowest BCUT2D eigenvalue weighted by Gasteiger charge is -1.94. The van der Waals surface area contributed by atoms with Gasteiger partial charge in [-0.3, -0.25) is 0 Å². The van der Waals surface area contributed by atoms with Crippen molar-refractivity contribution in [2.75, 3.05) is 0 Å². The number of imidazole rings is 1. The molecule has 0 unspecified atom stereocenters. The minimum atomic E-state index is 0.887. The van der Waals surface area contributed by atoms with Crippen molar-refractivity contribution in [1.29, 1.82) is 0 Å². The third-order valence-corrected chi connectivity index (χ3v) is 3.19. The quantitative estimate of drug-likeness (QED) is 0.686. The van der Waals surface area contributed by atoms with Crippen molar-refractivity contribution in [1.82, 2.24) is 9.97 Å². The van der Waals surface area contributed by atoms with Crippen LogP contribution in [0.3, 0.4) is 0 Å². The van der Waals surface area contributed by atoms with E-state index in [4.69, 9.17) is 4.42 Å². The molecule has 2 aromatic heterocycles. The van der Waals surface area contributed by atoms with Crippen LogP contribution >= 0.6 is 0 Å². The van der Waals surface area contributed by atoms with E-state index in [1.54, 1.807) is 0 Å². The lowest BCUT2D eigenvalue weighted by atomic mass is 10.1. The van der Waals surface area contributed by atoms with Gasteiger partial charge in [0.25, 0.3) is 0 Å². The molecule has 0 bridgehead atoms. The van der Waals surface area contributed by atoms with Crippen LogP contribution in [-0.4, -0.2) is 9.97 Å². The smallest absolute Gasteiger partial charge is 0.142 e. The fraction of sp³-hybridized carbons (Fsp3) is 0.214. The number of nitrogens with zero attached hydrogens (tertiary/aromatic N) is 1. The molecule has 0 aliphatic heterocycles. The zero-order valence-corrected chi connectivity index (χ0v) is 10.2. The van der Waals surface area contributed by atoms with E-state index in [9.17, 15) is 0 Å². The van der Waals surface area contributed by atoms with Gasteiger partial charge in [-0.15, -0.1) is 0 Å². The summed E-state index contributed by atoms with van der Waals surface area (Å²) in [5.74, 6) is 2.76. The van der Waals surface area contributed by atoms with Gasteiger partial charge in [-0.25, -0.2) is 4.98 Å². The maximum absolute atomic E-state index is 5.64. The Hall–Kier alpha value is -2.03. The number of aromatic nitrogens is 2. The Bertz CT molecular complexity index is 658. The first kappa shape index (κ1) is 10.1. The van der Waals surface area contributed by atoms with Crippen molar-refractivity contribution >= 4 is 11.0 Å². The van der Waals surface area contributed by atoms with Crippen LogP contribution in [0.5, 0.6) is 0 Å². The van der Waals surface area contributed by atoms with E-state index in [2.05, 4.69) is 16.9 Å². The molecule has 1 N–H and O–H groups in total. The first-order valence-electron chi connectivity index (χ1n) is 5.68. The van der Waals surface area contributed by atoms with E-state index >= 15 is 0 Å². The number of para-hydroxylation sites is 2. The molecule has 0 fully saturated rings. The van der Waals surface area contributed by atoms with Gasteiger partial charge in [0.05, 0.1) is 16.6 Å². The third-order valence-electron chi connectivity index (χ3n) is 3.19. The second-order valence-corrected chi connectivity index (χ2v) is 4.32. The summed E-state index contributed by atoms with van der Waals surface area (Å²) >= 11 is 0. The number of hydrogen-bond donors (Lipinski definition) is 1. The monoisotopic (exact) mass is 226 g/mol. The highest BCUT2D eigenvalue weighted by molar-refractivity contribution is 5.80. The summed E-state index contributed by atoms with van der Waals surface area (Å²) in [6.45, 7) is 6.02. The lowest BCUT2D eigenvalue weighted by molar-refractivity contribution is 0.503. The number of H-pyrrole nitrogens is 1. The summed E-state index contributed by atoms with van der Waals surface area (Å²) in [5.41, 5.74) is 4.28. The van der Waals surface area contributed by atoms with Gasteiger partial charge < -0.3 is 9.40 Å². The molecule has 0 saturated heterocycles. The number of rotatable bonds is 1. The van der Waals surface area contributed by atoms with E-state index in [1.165, 1.54) is 0 Å². The Morgan fingerprint density at radius 2 is 1.82 bits per heavy atom. The summed E-state index contributed by atoms with van der Waals surface area (Å²) in [6, 6.07) is 8.04. The number of benzene rings is 1. The van der Waals surface area contributed by atoms with E-state index in [0.29, 0.717) is 0 Å². The molecule has 17 heavy (non-hydrogen) atoms. The average Bonchev–Trinajstić information content (AvgIpc) is 2.81. The SMILES string of the molecule is Cc1oc(C)c(-c2nc3ccccc3[nH]2)c1C. The van der Waals surface area contributed by atoms with E-state index < -0.39 is 0 Å². The second kappa shape index (κ2) is 3.48. The van der Waals surface area contributed by atoms with E-state index in [1.807, 2.05) is 38.1 Å². The summed E-state index contributed by atoms with van der Waals surface area (Å²) in [4.78, 5) is 7.94. The van der Waals surface area contributed by atoms with Gasteiger partial charge in [-0.05, 0) is 32.9 Å². The van der Waals surface area contributed by atoms with Gasteiger partial charge in [0.15, 0.2) is 0 Å². The van der Waals surface area contributed by atoms with Gasteiger partial charge in [0.1, 0.15) is 17.3 Å². The first-order valence-corrected chi connectivity index (χ1v) is 5.68. The van der Waals surface area contributed by atoms with Crippen molar-refractivity contribution < 1.29 is 4.42 Å². The van der Waals surface area contributed by atoms with Gasteiger partial charge in [-0.2, -0.15) is 0 Å². The molecule has 3 aromatic rings. The topological polar surface area (TPSA) is 41.8 Å². The highest BCUT2D eigenvalue weighted by Gasteiger charge is 2.16. The van der Waals surface area contributed by atoms with Crippen LogP contribution in [0, 0.1) is 20.8 Å². The molecule has 86 valence electrons. The largest absolute Gasteiger partial charge is 0.466 e. The molecule has 2 heterocycles. The molecule has 3 rings (SSSR count). The molecule has 0 radical (unpaired) electrons. The van der Waals surface area contributed by atoms with Crippen molar-refractivity contribution in [3.8, 4) is 11.4 Å². The third kappa shape index (κ3) is 1.46. The lowest BCUT2D eigenvalue weighted by Crippen LogP contribution is -1.83. The van der Waals surface area contributed by atoms with Crippen LogP contribution in [0.2, 0.25) is 0 Å². The minimum absolute atomic E-state index is 0.887. The Kier molecular flexibility index (Phi) is 2.08. The zero-order chi connectivity index (χ0) is 12.0. The maximum Gasteiger partial charge on any atom is 0.142 e. The van der Waals surface area contributed by atoms with Crippen molar-refractivity contribution in [3.63, 3.8) is 0 Å². The number of furan rings is 1. The molecule has 3 nitrogen and oxygen atoms in total. The molecule has 0 atom stereocenters. The van der Waals surface area contributed by atoms with Gasteiger partial charge >= 0.3 is 0 Å². The van der Waals surface area contributed by atoms with Crippen LogP contribution < -0.4 is 0 Å². The molecular weight excluding hydrogens is 212 g/mol. The predicted octanol–water partition coefficient (Wildman–Crippen LogP) is 3.75. The highest BCUT2D eigenvalue weighted by Crippen LogP contribution is 2.30. The number of fused-ring (bicyclic) bond motifs is 1. The molecular formula is C14H14N2O. The normalized spacial score (nSPS) is 11.2. The number of hydrogen-bond acceptors (Lipinski definition) is 2. The van der Waals surface area contributed by atoms with Crippen LogP contribution in [0.1, 0.15) is 17.1 Å². The van der Waals surface area contributed by atoms with Crippen LogP contribution in [0.4, 0.5) is 0 Å². The zero-order valence-electron chi connectivity index (χ0n) is 10.2. The fourth-order valence-electron chi connectivity index (χ4n) is 2.21. The molecule has 0 amide bonds. The fourth-order valence-corrected chi connectivity index (χ4v) is 2.21. The Morgan fingerprint density at radius 1 is 1.06 bits per heavy atom. The molecule has 0 spiro atoms. The number of aromatic amines is 1. The van der Waals surface area contributed by atoms with Crippen LogP contribution in [-0.2, 0) is 0 Å². The standard InChI is InChI=1S/C14H14N2O/c1-8-9(2)17-10(3)13(8)14-15-11-6-4-5-7-12(11)16-14/h4-7H,1-3H3,(H,15,16). The molecule has 3 heteroatoms. The van der Waals surface area contributed by atoms with Crippen molar-refractivity contribution in [2.45, 2.75) is 20.8 Å². The first-order chi connectivity index (χ1) is 8.16. The summed E-state index contributed by atoms with van der Waals surface area (Å²) in [5, 5.41) is 0. The van der Waals surface area contributed by atoms with Gasteiger partial charge in [0.2, 0.25) is 0 Å². The van der Waals surface area contributed by atoms with Gasteiger partial charge in [0, 0.05) is 5.56 Å². The highest BCUT2D eigenvalue weighted by atomic mass is 16.3. The molecule has 0 saturated carbocycles. The van der Waals surface area contributed by atoms with Crippen molar-refractivity contribution in [3.05, 3.63) is 41.3 Å². The minimum Gasteiger partial charge on any atom is -0.466 e. The Labute approximate surface area is 99.5 Å². The molecule has 0 aliphatic rings. The summed E-state index contributed by atoms with van der Waals surface area (Å²) < 4.78 is 5.64. The summed E-state index contributed by atoms with van der Waals surface area (Å²) in [7, 11) is 0. The van der Waals surface area contributed by atoms with Crippen LogP contribution in [0.15, 0.2) is 28.7 Å². The number of aryl methyl sites for hydroxylation is 2. The maximum atomic E-state index is 5.64. The summed E-state index contributed by atoms with van der Waals surface area (Å²) in [6.07, 6.45) is 0.